The summed E-state index contributed by atoms with van der Waals surface area (Å²) in [6.45, 7) is 6.04. The summed E-state index contributed by atoms with van der Waals surface area (Å²) in [4.78, 5) is 14.3. The lowest BCUT2D eigenvalue weighted by Gasteiger charge is -2.32. The van der Waals surface area contributed by atoms with Gasteiger partial charge in [-0.05, 0) is 30.7 Å². The highest BCUT2D eigenvalue weighted by molar-refractivity contribution is 5.82. The quantitative estimate of drug-likeness (QED) is 0.882. The number of nitrogen functional groups attached to an aromatic ring is 1. The molecule has 1 aliphatic carbocycles. The Morgan fingerprint density at radius 3 is 2.53 bits per heavy atom. The molecule has 0 radical (unpaired) electrons. The van der Waals surface area contributed by atoms with Gasteiger partial charge in [-0.15, -0.1) is 0 Å². The van der Waals surface area contributed by atoms with Gasteiger partial charge in [0.25, 0.3) is 0 Å². The Kier molecular flexibility index (Phi) is 2.80. The predicted octanol–water partition coefficient (Wildman–Crippen LogP) is 1.67. The first kappa shape index (κ1) is 12.5. The molecule has 5 heteroatoms. The molecule has 3 rings (SSSR count). The molecule has 1 saturated heterocycles. The number of nitrogens with two attached hydrogens (primary N) is 1. The molecule has 2 N–H and O–H groups in total. The number of hydrogen-bond donors (Lipinski definition) is 1. The number of hydrogen-bond acceptors (Lipinski definition) is 3. The summed E-state index contributed by atoms with van der Waals surface area (Å²) in [5, 5.41) is 4.27. The smallest absolute Gasteiger partial charge is 0.226 e. The first-order valence-electron chi connectivity index (χ1n) is 7.07. The lowest BCUT2D eigenvalue weighted by Crippen LogP contribution is -2.40. The summed E-state index contributed by atoms with van der Waals surface area (Å²) in [5.41, 5.74) is 5.87. The van der Waals surface area contributed by atoms with Gasteiger partial charge in [0.1, 0.15) is 5.82 Å². The van der Waals surface area contributed by atoms with E-state index >= 15 is 0 Å². The molecule has 104 valence electrons. The number of aromatic nitrogens is 2. The summed E-state index contributed by atoms with van der Waals surface area (Å²) in [6, 6.07) is 2.21. The van der Waals surface area contributed by atoms with E-state index in [2.05, 4.69) is 18.9 Å². The maximum absolute atomic E-state index is 12.3. The van der Waals surface area contributed by atoms with Crippen LogP contribution in [-0.4, -0.2) is 33.7 Å². The third-order valence-electron chi connectivity index (χ3n) is 4.59. The topological polar surface area (TPSA) is 64.2 Å². The van der Waals surface area contributed by atoms with Crippen LogP contribution in [0.5, 0.6) is 0 Å². The third-order valence-corrected chi connectivity index (χ3v) is 4.59. The van der Waals surface area contributed by atoms with Crippen LogP contribution in [0.3, 0.4) is 0 Å². The van der Waals surface area contributed by atoms with Gasteiger partial charge >= 0.3 is 0 Å². The van der Waals surface area contributed by atoms with Gasteiger partial charge < -0.3 is 10.6 Å². The maximum atomic E-state index is 12.3. The molecule has 2 aliphatic rings. The molecule has 1 saturated carbocycles. The first-order valence-corrected chi connectivity index (χ1v) is 7.07. The Morgan fingerprint density at radius 1 is 1.42 bits per heavy atom. The Bertz CT molecular complexity index is 485. The molecule has 2 fully saturated rings. The van der Waals surface area contributed by atoms with Crippen molar-refractivity contribution in [3.8, 4) is 0 Å². The molecule has 1 aliphatic heterocycles. The van der Waals surface area contributed by atoms with Gasteiger partial charge in [0.15, 0.2) is 0 Å². The van der Waals surface area contributed by atoms with Gasteiger partial charge in [0, 0.05) is 25.2 Å². The van der Waals surface area contributed by atoms with Crippen LogP contribution in [0, 0.1) is 11.3 Å². The van der Waals surface area contributed by atoms with Crippen LogP contribution in [0.1, 0.15) is 39.2 Å². The van der Waals surface area contributed by atoms with Crippen LogP contribution in [0.25, 0.3) is 0 Å². The first-order chi connectivity index (χ1) is 8.97. The second-order valence-electron chi connectivity index (χ2n) is 6.52. The van der Waals surface area contributed by atoms with Crippen molar-refractivity contribution >= 4 is 11.7 Å². The fourth-order valence-corrected chi connectivity index (χ4v) is 3.02. The van der Waals surface area contributed by atoms with Crippen LogP contribution in [0.4, 0.5) is 5.82 Å². The Morgan fingerprint density at radius 2 is 2.05 bits per heavy atom. The molecule has 1 aromatic rings. The van der Waals surface area contributed by atoms with Crippen molar-refractivity contribution in [2.24, 2.45) is 11.3 Å². The second-order valence-corrected chi connectivity index (χ2v) is 6.52. The number of amides is 1. The number of anilines is 1. The van der Waals surface area contributed by atoms with Crippen molar-refractivity contribution < 1.29 is 4.79 Å². The minimum absolute atomic E-state index is 0.227. The van der Waals surface area contributed by atoms with E-state index in [1.165, 1.54) is 0 Å². The zero-order valence-electron chi connectivity index (χ0n) is 11.7. The zero-order chi connectivity index (χ0) is 13.6. The summed E-state index contributed by atoms with van der Waals surface area (Å²) in [6.07, 6.45) is 4.92. The van der Waals surface area contributed by atoms with E-state index in [1.54, 1.807) is 0 Å². The summed E-state index contributed by atoms with van der Waals surface area (Å²) in [5.74, 6) is 1.17. The van der Waals surface area contributed by atoms with Crippen molar-refractivity contribution in [3.63, 3.8) is 0 Å². The Hall–Kier alpha value is -1.52. The average Bonchev–Trinajstić information content (AvgIpc) is 2.82. The number of rotatable bonds is 2. The summed E-state index contributed by atoms with van der Waals surface area (Å²) in [7, 11) is 0. The fraction of sp³-hybridized carbons (Fsp3) is 0.714. The number of likely N-dealkylation sites (tertiary alicyclic amines) is 1. The highest BCUT2D eigenvalue weighted by atomic mass is 16.2. The molecule has 1 amide bonds. The standard InChI is InChI=1S/C14H22N4O/c1-14(2)9-11(14)13(19)17-6-3-10(4-7-17)18-8-5-12(15)16-18/h5,8,10-11H,3-4,6-7,9H2,1-2H3,(H2,15,16). The minimum Gasteiger partial charge on any atom is -0.382 e. The molecule has 1 aromatic heterocycles. The van der Waals surface area contributed by atoms with Gasteiger partial charge in [0.05, 0.1) is 6.04 Å². The van der Waals surface area contributed by atoms with Gasteiger partial charge in [0.2, 0.25) is 5.91 Å². The van der Waals surface area contributed by atoms with Gasteiger partial charge in [-0.25, -0.2) is 0 Å². The van der Waals surface area contributed by atoms with Gasteiger partial charge in [-0.2, -0.15) is 5.10 Å². The van der Waals surface area contributed by atoms with Gasteiger partial charge in [-0.3, -0.25) is 9.48 Å². The number of carbonyl (C=O) groups is 1. The molecular formula is C14H22N4O. The highest BCUT2D eigenvalue weighted by Crippen LogP contribution is 2.52. The average molecular weight is 262 g/mol. The second kappa shape index (κ2) is 4.25. The van der Waals surface area contributed by atoms with Crippen molar-refractivity contribution in [3.05, 3.63) is 12.3 Å². The molecule has 1 unspecified atom stereocenters. The maximum Gasteiger partial charge on any atom is 0.226 e. The minimum atomic E-state index is 0.227. The van der Waals surface area contributed by atoms with Crippen LogP contribution in [-0.2, 0) is 4.79 Å². The van der Waals surface area contributed by atoms with Crippen molar-refractivity contribution in [2.75, 3.05) is 18.8 Å². The van der Waals surface area contributed by atoms with E-state index < -0.39 is 0 Å². The fourth-order valence-electron chi connectivity index (χ4n) is 3.02. The van der Waals surface area contributed by atoms with E-state index in [4.69, 9.17) is 5.73 Å². The zero-order valence-corrected chi connectivity index (χ0v) is 11.7. The van der Waals surface area contributed by atoms with Gasteiger partial charge in [-0.1, -0.05) is 13.8 Å². The molecule has 19 heavy (non-hydrogen) atoms. The largest absolute Gasteiger partial charge is 0.382 e. The lowest BCUT2D eigenvalue weighted by molar-refractivity contribution is -0.134. The van der Waals surface area contributed by atoms with Crippen molar-refractivity contribution in [1.82, 2.24) is 14.7 Å². The molecule has 0 bridgehead atoms. The van der Waals surface area contributed by atoms with E-state index in [0.717, 1.165) is 32.4 Å². The normalized spacial score (nSPS) is 26.4. The molecule has 5 nitrogen and oxygen atoms in total. The third kappa shape index (κ3) is 2.33. The Balaban J connectivity index is 1.56. The van der Waals surface area contributed by atoms with Crippen LogP contribution >= 0.6 is 0 Å². The van der Waals surface area contributed by atoms with Crippen molar-refractivity contribution in [1.29, 1.82) is 0 Å². The SMILES string of the molecule is CC1(C)CC1C(=O)N1CCC(n2ccc(N)n2)CC1. The number of nitrogens with zero attached hydrogens (tertiary/aromatic N) is 3. The van der Waals surface area contributed by atoms with Crippen LogP contribution in [0.2, 0.25) is 0 Å². The molecule has 0 aromatic carbocycles. The van der Waals surface area contributed by atoms with E-state index in [9.17, 15) is 4.79 Å². The van der Waals surface area contributed by atoms with Crippen LogP contribution < -0.4 is 5.73 Å². The number of piperidine rings is 1. The highest BCUT2D eigenvalue weighted by Gasteiger charge is 2.52. The monoisotopic (exact) mass is 262 g/mol. The van der Waals surface area contributed by atoms with E-state index in [1.807, 2.05) is 21.8 Å². The summed E-state index contributed by atoms with van der Waals surface area (Å²) < 4.78 is 1.94. The molecule has 2 heterocycles. The Labute approximate surface area is 113 Å². The summed E-state index contributed by atoms with van der Waals surface area (Å²) >= 11 is 0. The molecule has 1 atom stereocenters. The molecular weight excluding hydrogens is 240 g/mol. The lowest BCUT2D eigenvalue weighted by atomic mass is 10.0. The van der Waals surface area contributed by atoms with E-state index in [-0.39, 0.29) is 11.3 Å². The number of carbonyl (C=O) groups excluding carboxylic acids is 1. The predicted molar refractivity (Wildman–Crippen MR) is 73.4 cm³/mol. The van der Waals surface area contributed by atoms with E-state index in [0.29, 0.717) is 17.8 Å². The molecule has 0 spiro atoms. The van der Waals surface area contributed by atoms with Crippen molar-refractivity contribution in [2.45, 2.75) is 39.2 Å². The van der Waals surface area contributed by atoms with Crippen LogP contribution in [0.15, 0.2) is 12.3 Å².